The average Bonchev–Trinajstić information content (AvgIpc) is 3.23. The van der Waals surface area contributed by atoms with Crippen molar-refractivity contribution >= 4 is 5.82 Å². The van der Waals surface area contributed by atoms with Crippen LogP contribution in [-0.2, 0) is 0 Å². The van der Waals surface area contributed by atoms with Crippen LogP contribution >= 0.6 is 0 Å². The first-order valence-corrected chi connectivity index (χ1v) is 8.02. The SMILES string of the molecule is N#Cc1c(-c2cnc(-c3ccco3)nc2)cc(-c2ccc(O)cc2)nc1N. The third kappa shape index (κ3) is 3.07. The number of nitriles is 1. The average molecular weight is 355 g/mol. The number of hydrogen-bond donors (Lipinski definition) is 2. The number of phenolic OH excluding ortho intramolecular Hbond substituents is 1. The summed E-state index contributed by atoms with van der Waals surface area (Å²) < 4.78 is 5.29. The second kappa shape index (κ2) is 6.61. The molecule has 0 aliphatic carbocycles. The molecule has 7 nitrogen and oxygen atoms in total. The molecule has 0 saturated carbocycles. The fourth-order valence-corrected chi connectivity index (χ4v) is 2.69. The van der Waals surface area contributed by atoms with Gasteiger partial charge in [0.25, 0.3) is 0 Å². The van der Waals surface area contributed by atoms with Crippen LogP contribution in [0.2, 0.25) is 0 Å². The number of rotatable bonds is 3. The zero-order chi connectivity index (χ0) is 18.8. The number of aromatic nitrogens is 3. The topological polar surface area (TPSA) is 122 Å². The van der Waals surface area contributed by atoms with Crippen LogP contribution in [0.15, 0.2) is 65.5 Å². The Labute approximate surface area is 154 Å². The first-order chi connectivity index (χ1) is 13.2. The molecular formula is C20H13N5O2. The number of aromatic hydroxyl groups is 1. The summed E-state index contributed by atoms with van der Waals surface area (Å²) in [4.78, 5) is 12.9. The molecule has 0 aliphatic rings. The molecule has 0 fully saturated rings. The van der Waals surface area contributed by atoms with E-state index in [1.165, 1.54) is 0 Å². The number of nitrogens with zero attached hydrogens (tertiary/aromatic N) is 4. The highest BCUT2D eigenvalue weighted by Gasteiger charge is 2.15. The highest BCUT2D eigenvalue weighted by molar-refractivity contribution is 5.79. The smallest absolute Gasteiger partial charge is 0.195 e. The van der Waals surface area contributed by atoms with E-state index >= 15 is 0 Å². The zero-order valence-electron chi connectivity index (χ0n) is 14.0. The van der Waals surface area contributed by atoms with Crippen molar-refractivity contribution in [1.29, 1.82) is 5.26 Å². The summed E-state index contributed by atoms with van der Waals surface area (Å²) >= 11 is 0. The fourth-order valence-electron chi connectivity index (χ4n) is 2.69. The Morgan fingerprint density at radius 3 is 2.41 bits per heavy atom. The van der Waals surface area contributed by atoms with Crippen LogP contribution < -0.4 is 5.73 Å². The Bertz CT molecular complexity index is 1130. The molecule has 1 aromatic carbocycles. The molecule has 0 amide bonds. The van der Waals surface area contributed by atoms with E-state index in [0.717, 1.165) is 5.56 Å². The van der Waals surface area contributed by atoms with Gasteiger partial charge in [0.2, 0.25) is 0 Å². The second-order valence-corrected chi connectivity index (χ2v) is 5.75. The van der Waals surface area contributed by atoms with Crippen molar-refractivity contribution in [3.63, 3.8) is 0 Å². The number of pyridine rings is 1. The number of nitrogens with two attached hydrogens (primary N) is 1. The Kier molecular flexibility index (Phi) is 3.99. The lowest BCUT2D eigenvalue weighted by molar-refractivity contribution is 0.475. The van der Waals surface area contributed by atoms with E-state index in [4.69, 9.17) is 10.2 Å². The molecule has 4 aromatic rings. The Balaban J connectivity index is 1.81. The van der Waals surface area contributed by atoms with Gasteiger partial charge in [-0.05, 0) is 42.5 Å². The lowest BCUT2D eigenvalue weighted by Gasteiger charge is -2.10. The number of benzene rings is 1. The molecule has 3 heterocycles. The molecule has 0 saturated heterocycles. The highest BCUT2D eigenvalue weighted by Crippen LogP contribution is 2.31. The Morgan fingerprint density at radius 1 is 1.04 bits per heavy atom. The predicted molar refractivity (Wildman–Crippen MR) is 99.2 cm³/mol. The van der Waals surface area contributed by atoms with Gasteiger partial charge in [0.05, 0.1) is 12.0 Å². The zero-order valence-corrected chi connectivity index (χ0v) is 14.0. The molecule has 27 heavy (non-hydrogen) atoms. The minimum atomic E-state index is 0.119. The lowest BCUT2D eigenvalue weighted by Crippen LogP contribution is -2.00. The van der Waals surface area contributed by atoms with Crippen LogP contribution in [0.1, 0.15) is 5.56 Å². The second-order valence-electron chi connectivity index (χ2n) is 5.75. The predicted octanol–water partition coefficient (Wildman–Crippen LogP) is 3.63. The first kappa shape index (κ1) is 16.3. The molecule has 3 N–H and O–H groups in total. The van der Waals surface area contributed by atoms with Crippen LogP contribution in [0, 0.1) is 11.3 Å². The van der Waals surface area contributed by atoms with Crippen molar-refractivity contribution in [2.45, 2.75) is 0 Å². The van der Waals surface area contributed by atoms with Gasteiger partial charge in [0.1, 0.15) is 23.2 Å². The molecular weight excluding hydrogens is 342 g/mol. The van der Waals surface area contributed by atoms with Crippen LogP contribution in [0.25, 0.3) is 34.0 Å². The van der Waals surface area contributed by atoms with Gasteiger partial charge in [-0.25, -0.2) is 15.0 Å². The van der Waals surface area contributed by atoms with E-state index in [9.17, 15) is 10.4 Å². The van der Waals surface area contributed by atoms with Gasteiger partial charge in [0, 0.05) is 29.1 Å². The quantitative estimate of drug-likeness (QED) is 0.575. The summed E-state index contributed by atoms with van der Waals surface area (Å²) in [6.45, 7) is 0. The van der Waals surface area contributed by atoms with Gasteiger partial charge in [0.15, 0.2) is 11.6 Å². The maximum absolute atomic E-state index is 9.50. The summed E-state index contributed by atoms with van der Waals surface area (Å²) in [6, 6.07) is 13.9. The maximum Gasteiger partial charge on any atom is 0.195 e. The molecule has 0 aliphatic heterocycles. The summed E-state index contributed by atoms with van der Waals surface area (Å²) in [5.74, 6) is 1.28. The lowest BCUT2D eigenvalue weighted by atomic mass is 10.0. The Hall–Kier alpha value is -4.18. The molecule has 130 valence electrons. The number of phenols is 1. The number of hydrogen-bond acceptors (Lipinski definition) is 7. The van der Waals surface area contributed by atoms with Crippen molar-refractivity contribution in [2.24, 2.45) is 0 Å². The Morgan fingerprint density at radius 2 is 1.78 bits per heavy atom. The molecule has 0 radical (unpaired) electrons. The highest BCUT2D eigenvalue weighted by atomic mass is 16.3. The largest absolute Gasteiger partial charge is 0.508 e. The summed E-state index contributed by atoms with van der Waals surface area (Å²) in [5.41, 5.74) is 8.82. The minimum Gasteiger partial charge on any atom is -0.508 e. The normalized spacial score (nSPS) is 10.5. The van der Waals surface area contributed by atoms with Gasteiger partial charge in [-0.15, -0.1) is 0 Å². The van der Waals surface area contributed by atoms with Gasteiger partial charge < -0.3 is 15.3 Å². The number of furan rings is 1. The van der Waals surface area contributed by atoms with Crippen molar-refractivity contribution < 1.29 is 9.52 Å². The number of anilines is 1. The van der Waals surface area contributed by atoms with Crippen molar-refractivity contribution in [1.82, 2.24) is 15.0 Å². The fraction of sp³-hybridized carbons (Fsp3) is 0. The van der Waals surface area contributed by atoms with Gasteiger partial charge in [-0.1, -0.05) is 0 Å². The van der Waals surface area contributed by atoms with Crippen LogP contribution in [-0.4, -0.2) is 20.1 Å². The third-order valence-corrected chi connectivity index (χ3v) is 4.03. The van der Waals surface area contributed by atoms with E-state index in [-0.39, 0.29) is 17.1 Å². The van der Waals surface area contributed by atoms with Gasteiger partial charge >= 0.3 is 0 Å². The van der Waals surface area contributed by atoms with Crippen LogP contribution in [0.5, 0.6) is 5.75 Å². The molecule has 0 unspecified atom stereocenters. The van der Waals surface area contributed by atoms with Gasteiger partial charge in [-0.3, -0.25) is 0 Å². The molecule has 0 atom stereocenters. The van der Waals surface area contributed by atoms with E-state index in [0.29, 0.717) is 28.4 Å². The third-order valence-electron chi connectivity index (χ3n) is 4.03. The maximum atomic E-state index is 9.50. The molecule has 3 aromatic heterocycles. The summed E-state index contributed by atoms with van der Waals surface area (Å²) in [7, 11) is 0. The van der Waals surface area contributed by atoms with Crippen molar-refractivity contribution in [3.8, 4) is 45.8 Å². The standard InChI is InChI=1S/C20H13N5O2/c21-9-16-15(13-10-23-20(24-11-13)18-2-1-7-27-18)8-17(25-19(16)22)12-3-5-14(26)6-4-12/h1-8,10-11,26H,(H2,22,25). The molecule has 0 spiro atoms. The van der Waals surface area contributed by atoms with Gasteiger partial charge in [-0.2, -0.15) is 5.26 Å². The van der Waals surface area contributed by atoms with E-state index < -0.39 is 0 Å². The van der Waals surface area contributed by atoms with E-state index in [1.54, 1.807) is 61.1 Å². The molecule has 7 heteroatoms. The van der Waals surface area contributed by atoms with Crippen LogP contribution in [0.3, 0.4) is 0 Å². The van der Waals surface area contributed by atoms with E-state index in [2.05, 4.69) is 21.0 Å². The van der Waals surface area contributed by atoms with Crippen molar-refractivity contribution in [3.05, 3.63) is 66.7 Å². The first-order valence-electron chi connectivity index (χ1n) is 8.02. The van der Waals surface area contributed by atoms with Crippen LogP contribution in [0.4, 0.5) is 5.82 Å². The monoisotopic (exact) mass is 355 g/mol. The molecule has 4 rings (SSSR count). The molecule has 0 bridgehead atoms. The summed E-state index contributed by atoms with van der Waals surface area (Å²) in [6.07, 6.45) is 4.77. The van der Waals surface area contributed by atoms with E-state index in [1.807, 2.05) is 0 Å². The minimum absolute atomic E-state index is 0.119. The van der Waals surface area contributed by atoms with Crippen molar-refractivity contribution in [2.75, 3.05) is 5.73 Å². The summed E-state index contributed by atoms with van der Waals surface area (Å²) in [5, 5.41) is 19.0. The number of nitrogen functional groups attached to an aromatic ring is 1.